The van der Waals surface area contributed by atoms with Crippen molar-refractivity contribution in [3.8, 4) is 11.6 Å². The molecule has 1 amide bonds. The Kier molecular flexibility index (Phi) is 6.53. The molecule has 2 aromatic carbocycles. The molecule has 180 valence electrons. The molecule has 2 aliphatic rings. The maximum atomic E-state index is 12.0. The second-order valence-corrected chi connectivity index (χ2v) is 9.26. The zero-order valence-electron chi connectivity index (χ0n) is 20.6. The van der Waals surface area contributed by atoms with E-state index in [2.05, 4.69) is 42.6 Å². The van der Waals surface area contributed by atoms with Crippen LogP contribution in [0, 0.1) is 6.92 Å². The Morgan fingerprint density at radius 2 is 1.86 bits per heavy atom. The average Bonchev–Trinajstić information content (AvgIpc) is 3.54. The lowest BCUT2D eigenvalue weighted by atomic mass is 10.0. The van der Waals surface area contributed by atoms with E-state index in [1.165, 1.54) is 18.4 Å². The molecule has 2 aliphatic carbocycles. The van der Waals surface area contributed by atoms with Crippen LogP contribution in [0.2, 0.25) is 0 Å². The van der Waals surface area contributed by atoms with Crippen LogP contribution < -0.4 is 14.8 Å². The van der Waals surface area contributed by atoms with Crippen LogP contribution in [0.15, 0.2) is 48.5 Å². The second-order valence-electron chi connectivity index (χ2n) is 9.26. The number of nitrogens with one attached hydrogen (secondary N) is 1. The minimum Gasteiger partial charge on any atom is -0.496 e. The molecule has 6 heteroatoms. The Morgan fingerprint density at radius 1 is 1.09 bits per heavy atom. The van der Waals surface area contributed by atoms with Crippen molar-refractivity contribution in [2.24, 2.45) is 0 Å². The highest BCUT2D eigenvalue weighted by molar-refractivity contribution is 5.94. The lowest BCUT2D eigenvalue weighted by Crippen LogP contribution is -2.18. The first-order valence-electron chi connectivity index (χ1n) is 12.3. The van der Waals surface area contributed by atoms with E-state index >= 15 is 0 Å². The number of hydrogen-bond donors (Lipinski definition) is 1. The lowest BCUT2D eigenvalue weighted by molar-refractivity contribution is 0.0962. The van der Waals surface area contributed by atoms with Crippen LogP contribution in [0.4, 0.5) is 0 Å². The summed E-state index contributed by atoms with van der Waals surface area (Å²) in [5.41, 5.74) is 7.04. The predicted molar refractivity (Wildman–Crippen MR) is 136 cm³/mol. The van der Waals surface area contributed by atoms with Crippen molar-refractivity contribution in [3.63, 3.8) is 0 Å². The SMILES string of the molecule is CNC(=O)c1ccc(Cc2nc3c(c(OC4CCCC4)n2)C(c2ccc(C)cc2)=CC3)c(OC)c1. The third-order valence-corrected chi connectivity index (χ3v) is 6.83. The molecular formula is C29H31N3O3. The number of benzene rings is 2. The van der Waals surface area contributed by atoms with E-state index in [0.717, 1.165) is 47.2 Å². The molecular weight excluding hydrogens is 438 g/mol. The Hall–Kier alpha value is -3.67. The average molecular weight is 470 g/mol. The molecule has 0 aliphatic heterocycles. The Morgan fingerprint density at radius 3 is 2.57 bits per heavy atom. The largest absolute Gasteiger partial charge is 0.496 e. The standard InChI is InChI=1S/C29H31N3O3/c1-18-8-10-19(11-9-18)23-14-15-24-27(23)29(35-22-6-4-5-7-22)32-26(31-24)17-20-12-13-21(28(33)30-2)16-25(20)34-3/h8-14,16,22H,4-7,15,17H2,1-3H3,(H,30,33). The van der Waals surface area contributed by atoms with E-state index in [1.54, 1.807) is 26.3 Å². The lowest BCUT2D eigenvalue weighted by Gasteiger charge is -2.18. The molecule has 1 N–H and O–H groups in total. The minimum atomic E-state index is -0.148. The van der Waals surface area contributed by atoms with Crippen LogP contribution in [-0.2, 0) is 12.8 Å². The highest BCUT2D eigenvalue weighted by Crippen LogP contribution is 2.39. The number of carbonyl (C=O) groups excluding carboxylic acids is 1. The number of allylic oxidation sites excluding steroid dienone is 1. The number of aryl methyl sites for hydroxylation is 1. The Bertz CT molecular complexity index is 1280. The van der Waals surface area contributed by atoms with E-state index in [0.29, 0.717) is 29.4 Å². The summed E-state index contributed by atoms with van der Waals surface area (Å²) in [6, 6.07) is 14.1. The number of aromatic nitrogens is 2. The predicted octanol–water partition coefficient (Wildman–Crippen LogP) is 5.05. The fourth-order valence-electron chi connectivity index (χ4n) is 4.92. The van der Waals surface area contributed by atoms with Crippen LogP contribution in [0.25, 0.3) is 5.57 Å². The molecule has 3 aromatic rings. The number of amides is 1. The van der Waals surface area contributed by atoms with E-state index in [9.17, 15) is 4.79 Å². The molecule has 0 radical (unpaired) electrons. The van der Waals surface area contributed by atoms with Gasteiger partial charge in [0.2, 0.25) is 5.88 Å². The van der Waals surface area contributed by atoms with E-state index in [-0.39, 0.29) is 12.0 Å². The van der Waals surface area contributed by atoms with Gasteiger partial charge < -0.3 is 14.8 Å². The molecule has 1 saturated carbocycles. The van der Waals surface area contributed by atoms with Gasteiger partial charge in [0.1, 0.15) is 17.7 Å². The van der Waals surface area contributed by atoms with Gasteiger partial charge in [-0.25, -0.2) is 4.98 Å². The van der Waals surface area contributed by atoms with Gasteiger partial charge in [-0.15, -0.1) is 0 Å². The monoisotopic (exact) mass is 469 g/mol. The fourth-order valence-corrected chi connectivity index (χ4v) is 4.92. The maximum Gasteiger partial charge on any atom is 0.251 e. The first-order valence-corrected chi connectivity index (χ1v) is 12.3. The molecule has 35 heavy (non-hydrogen) atoms. The molecule has 0 atom stereocenters. The highest BCUT2D eigenvalue weighted by atomic mass is 16.5. The van der Waals surface area contributed by atoms with Gasteiger partial charge in [0.25, 0.3) is 5.91 Å². The molecule has 0 unspecified atom stereocenters. The number of ether oxygens (including phenoxy) is 2. The third-order valence-electron chi connectivity index (χ3n) is 6.83. The second kappa shape index (κ2) is 9.90. The first-order chi connectivity index (χ1) is 17.1. The van der Waals surface area contributed by atoms with Crippen molar-refractivity contribution < 1.29 is 14.3 Å². The first kappa shape index (κ1) is 23.1. The van der Waals surface area contributed by atoms with Gasteiger partial charge in [-0.05, 0) is 55.9 Å². The van der Waals surface area contributed by atoms with Crippen molar-refractivity contribution in [2.45, 2.75) is 51.6 Å². The van der Waals surface area contributed by atoms with Gasteiger partial charge in [0, 0.05) is 31.0 Å². The molecule has 0 bridgehead atoms. The van der Waals surface area contributed by atoms with Crippen LogP contribution in [-0.4, -0.2) is 36.1 Å². The number of fused-ring (bicyclic) bond motifs is 1. The fraction of sp³-hybridized carbons (Fsp3) is 0.345. The van der Waals surface area contributed by atoms with Gasteiger partial charge in [-0.1, -0.05) is 42.0 Å². The van der Waals surface area contributed by atoms with Crippen molar-refractivity contribution in [3.05, 3.63) is 87.9 Å². The molecule has 5 rings (SSSR count). The van der Waals surface area contributed by atoms with Gasteiger partial charge in [0.15, 0.2) is 0 Å². The third kappa shape index (κ3) is 4.78. The minimum absolute atomic E-state index is 0.148. The summed E-state index contributed by atoms with van der Waals surface area (Å²) in [6.45, 7) is 2.10. The van der Waals surface area contributed by atoms with Gasteiger partial charge in [-0.2, -0.15) is 4.98 Å². The summed E-state index contributed by atoms with van der Waals surface area (Å²) in [7, 11) is 3.23. The van der Waals surface area contributed by atoms with Crippen molar-refractivity contribution in [1.82, 2.24) is 15.3 Å². The molecule has 0 spiro atoms. The number of nitrogens with zero attached hydrogens (tertiary/aromatic N) is 2. The summed E-state index contributed by atoms with van der Waals surface area (Å²) in [5, 5.41) is 2.65. The summed E-state index contributed by atoms with van der Waals surface area (Å²) in [5.74, 6) is 1.88. The van der Waals surface area contributed by atoms with E-state index in [1.807, 2.05) is 6.07 Å². The van der Waals surface area contributed by atoms with Crippen LogP contribution in [0.3, 0.4) is 0 Å². The number of carbonyl (C=O) groups is 1. The smallest absolute Gasteiger partial charge is 0.251 e. The topological polar surface area (TPSA) is 73.3 Å². The molecule has 1 fully saturated rings. The van der Waals surface area contributed by atoms with Crippen LogP contribution in [0.5, 0.6) is 11.6 Å². The molecule has 1 aromatic heterocycles. The van der Waals surface area contributed by atoms with Gasteiger partial charge in [-0.3, -0.25) is 4.79 Å². The van der Waals surface area contributed by atoms with Crippen molar-refractivity contribution in [1.29, 1.82) is 0 Å². The van der Waals surface area contributed by atoms with Crippen molar-refractivity contribution in [2.75, 3.05) is 14.2 Å². The summed E-state index contributed by atoms with van der Waals surface area (Å²) in [6.07, 6.45) is 8.18. The number of rotatable bonds is 7. The summed E-state index contributed by atoms with van der Waals surface area (Å²) >= 11 is 0. The highest BCUT2D eigenvalue weighted by Gasteiger charge is 2.27. The quantitative estimate of drug-likeness (QED) is 0.524. The normalized spacial score (nSPS) is 15.0. The van der Waals surface area contributed by atoms with E-state index in [4.69, 9.17) is 19.4 Å². The van der Waals surface area contributed by atoms with E-state index < -0.39 is 0 Å². The zero-order valence-corrected chi connectivity index (χ0v) is 20.6. The summed E-state index contributed by atoms with van der Waals surface area (Å²) < 4.78 is 12.1. The van der Waals surface area contributed by atoms with Crippen molar-refractivity contribution >= 4 is 11.5 Å². The molecule has 6 nitrogen and oxygen atoms in total. The van der Waals surface area contributed by atoms with Gasteiger partial charge >= 0.3 is 0 Å². The molecule has 1 heterocycles. The summed E-state index contributed by atoms with van der Waals surface area (Å²) in [4.78, 5) is 21.9. The zero-order chi connectivity index (χ0) is 24.4. The number of hydrogen-bond acceptors (Lipinski definition) is 5. The Labute approximate surface area is 206 Å². The Balaban J connectivity index is 1.51. The van der Waals surface area contributed by atoms with Gasteiger partial charge in [0.05, 0.1) is 18.4 Å². The van der Waals surface area contributed by atoms with Crippen LogP contribution in [0.1, 0.15) is 69.8 Å². The number of methoxy groups -OCH3 is 1. The maximum absolute atomic E-state index is 12.0. The molecule has 0 saturated heterocycles. The van der Waals surface area contributed by atoms with Crippen LogP contribution >= 0.6 is 0 Å².